The maximum absolute atomic E-state index is 11.9. The maximum Gasteiger partial charge on any atom is 0.316 e. The Hall–Kier alpha value is -1.27. The van der Waals surface area contributed by atoms with Gasteiger partial charge in [-0.15, -0.1) is 23.2 Å². The van der Waals surface area contributed by atoms with Crippen LogP contribution in [-0.4, -0.2) is 46.2 Å². The summed E-state index contributed by atoms with van der Waals surface area (Å²) in [5.74, 6) is -3.73. The highest BCUT2D eigenvalue weighted by Gasteiger charge is 2.33. The SMILES string of the molecule is O=C(NC1CCC(Cl)CC1Cl)/C(O)=C\C(=O)[C@@H]1CCOC1=O. The molecule has 122 valence electrons. The quantitative estimate of drug-likeness (QED) is 0.263. The monoisotopic (exact) mass is 349 g/mol. The average molecular weight is 350 g/mol. The molecule has 0 aromatic heterocycles. The summed E-state index contributed by atoms with van der Waals surface area (Å²) >= 11 is 12.1. The van der Waals surface area contributed by atoms with Crippen LogP contribution in [0.3, 0.4) is 0 Å². The van der Waals surface area contributed by atoms with Crippen LogP contribution < -0.4 is 5.32 Å². The molecule has 4 atom stereocenters. The van der Waals surface area contributed by atoms with Gasteiger partial charge >= 0.3 is 5.97 Å². The highest BCUT2D eigenvalue weighted by atomic mass is 35.5. The topological polar surface area (TPSA) is 92.7 Å². The zero-order valence-corrected chi connectivity index (χ0v) is 13.3. The van der Waals surface area contributed by atoms with Gasteiger partial charge in [-0.2, -0.15) is 0 Å². The lowest BCUT2D eigenvalue weighted by atomic mass is 9.94. The van der Waals surface area contributed by atoms with E-state index in [0.717, 1.165) is 6.08 Å². The van der Waals surface area contributed by atoms with E-state index in [9.17, 15) is 19.5 Å². The van der Waals surface area contributed by atoms with E-state index in [1.165, 1.54) is 0 Å². The molecule has 3 unspecified atom stereocenters. The van der Waals surface area contributed by atoms with Gasteiger partial charge < -0.3 is 15.2 Å². The molecule has 0 spiro atoms. The van der Waals surface area contributed by atoms with Crippen LogP contribution in [-0.2, 0) is 19.1 Å². The van der Waals surface area contributed by atoms with E-state index < -0.39 is 29.3 Å². The van der Waals surface area contributed by atoms with Crippen LogP contribution in [0.1, 0.15) is 25.7 Å². The Morgan fingerprint density at radius 2 is 2.00 bits per heavy atom. The van der Waals surface area contributed by atoms with Crippen LogP contribution in [0.2, 0.25) is 0 Å². The summed E-state index contributed by atoms with van der Waals surface area (Å²) in [6.07, 6.45) is 2.90. The van der Waals surface area contributed by atoms with Gasteiger partial charge in [0.15, 0.2) is 11.5 Å². The number of alkyl halides is 2. The van der Waals surface area contributed by atoms with E-state index in [4.69, 9.17) is 23.2 Å². The van der Waals surface area contributed by atoms with Crippen LogP contribution in [0.4, 0.5) is 0 Å². The molecular weight excluding hydrogens is 333 g/mol. The first-order chi connectivity index (χ1) is 10.4. The van der Waals surface area contributed by atoms with Crippen molar-refractivity contribution in [2.24, 2.45) is 5.92 Å². The number of carbonyl (C=O) groups excluding carboxylic acids is 3. The zero-order chi connectivity index (χ0) is 16.3. The molecular formula is C14H17Cl2NO5. The number of aliphatic hydroxyl groups excluding tert-OH is 1. The van der Waals surface area contributed by atoms with Crippen LogP contribution >= 0.6 is 23.2 Å². The molecule has 2 rings (SSSR count). The minimum atomic E-state index is -0.942. The summed E-state index contributed by atoms with van der Waals surface area (Å²) in [6.45, 7) is 0.172. The summed E-state index contributed by atoms with van der Waals surface area (Å²) in [6, 6.07) is -0.314. The van der Waals surface area contributed by atoms with Crippen LogP contribution in [0.25, 0.3) is 0 Å². The lowest BCUT2D eigenvalue weighted by Crippen LogP contribution is -2.45. The Morgan fingerprint density at radius 1 is 1.27 bits per heavy atom. The van der Waals surface area contributed by atoms with Crippen molar-refractivity contribution in [2.45, 2.75) is 42.5 Å². The number of hydrogen-bond acceptors (Lipinski definition) is 5. The minimum Gasteiger partial charge on any atom is -0.503 e. The molecule has 2 aliphatic rings. The molecule has 0 aromatic carbocycles. The molecule has 1 saturated heterocycles. The number of halogens is 2. The number of nitrogens with one attached hydrogen (secondary N) is 1. The van der Waals surface area contributed by atoms with Gasteiger partial charge in [0.05, 0.1) is 12.0 Å². The average Bonchev–Trinajstić information content (AvgIpc) is 2.88. The molecule has 1 heterocycles. The molecule has 1 aliphatic heterocycles. The second-order valence-electron chi connectivity index (χ2n) is 5.45. The molecule has 2 fully saturated rings. The van der Waals surface area contributed by atoms with Gasteiger partial charge in [-0.3, -0.25) is 14.4 Å². The number of aliphatic hydroxyl groups is 1. The van der Waals surface area contributed by atoms with Gasteiger partial charge in [-0.25, -0.2) is 0 Å². The van der Waals surface area contributed by atoms with E-state index in [2.05, 4.69) is 10.1 Å². The van der Waals surface area contributed by atoms with Crippen LogP contribution in [0.15, 0.2) is 11.8 Å². The van der Waals surface area contributed by atoms with Crippen LogP contribution in [0, 0.1) is 5.92 Å². The highest BCUT2D eigenvalue weighted by molar-refractivity contribution is 6.24. The molecule has 8 heteroatoms. The van der Waals surface area contributed by atoms with Crippen molar-refractivity contribution in [3.8, 4) is 0 Å². The standard InChI is InChI=1S/C14H17Cl2NO5/c15-7-1-2-10(9(16)5-7)17-13(20)12(19)6-11(18)8-3-4-22-14(8)21/h6-10,19H,1-5H2,(H,17,20)/b12-6+/t7?,8-,9?,10?/m0/s1. The van der Waals surface area contributed by atoms with Gasteiger partial charge in [0.25, 0.3) is 5.91 Å². The second kappa shape index (κ2) is 7.33. The number of ketones is 1. The summed E-state index contributed by atoms with van der Waals surface area (Å²) < 4.78 is 4.67. The number of rotatable bonds is 4. The second-order valence-corrected chi connectivity index (χ2v) is 6.62. The molecule has 0 radical (unpaired) electrons. The lowest BCUT2D eigenvalue weighted by molar-refractivity contribution is -0.143. The molecule has 2 N–H and O–H groups in total. The number of hydrogen-bond donors (Lipinski definition) is 2. The fourth-order valence-electron chi connectivity index (χ4n) is 2.53. The Morgan fingerprint density at radius 3 is 2.59 bits per heavy atom. The van der Waals surface area contributed by atoms with Crippen molar-refractivity contribution in [1.82, 2.24) is 5.32 Å². The molecule has 0 aromatic rings. The lowest BCUT2D eigenvalue weighted by Gasteiger charge is -2.30. The van der Waals surface area contributed by atoms with E-state index in [-0.39, 0.29) is 29.8 Å². The summed E-state index contributed by atoms with van der Waals surface area (Å²) in [5, 5.41) is 11.9. The summed E-state index contributed by atoms with van der Waals surface area (Å²) in [4.78, 5) is 35.0. The normalized spacial score (nSPS) is 32.5. The summed E-state index contributed by atoms with van der Waals surface area (Å²) in [5.41, 5.74) is 0. The number of amides is 1. The van der Waals surface area contributed by atoms with Gasteiger partial charge in [-0.05, 0) is 19.3 Å². The fraction of sp³-hybridized carbons (Fsp3) is 0.643. The largest absolute Gasteiger partial charge is 0.503 e. The smallest absolute Gasteiger partial charge is 0.316 e. The van der Waals surface area contributed by atoms with Crippen molar-refractivity contribution in [2.75, 3.05) is 6.61 Å². The predicted octanol–water partition coefficient (Wildman–Crippen LogP) is 1.44. The number of carbonyl (C=O) groups is 3. The first-order valence-electron chi connectivity index (χ1n) is 7.08. The Labute approximate surface area is 137 Å². The maximum atomic E-state index is 11.9. The van der Waals surface area contributed by atoms with Crippen molar-refractivity contribution in [3.05, 3.63) is 11.8 Å². The molecule has 0 bridgehead atoms. The fourth-order valence-corrected chi connectivity index (χ4v) is 3.34. The number of ether oxygens (including phenoxy) is 1. The third-order valence-corrected chi connectivity index (χ3v) is 4.69. The Kier molecular flexibility index (Phi) is 5.69. The number of allylic oxidation sites excluding steroid dienone is 1. The van der Waals surface area contributed by atoms with Gasteiger partial charge in [-0.1, -0.05) is 0 Å². The highest BCUT2D eigenvalue weighted by Crippen LogP contribution is 2.27. The van der Waals surface area contributed by atoms with E-state index in [1.807, 2.05) is 0 Å². The number of cyclic esters (lactones) is 1. The van der Waals surface area contributed by atoms with Crippen molar-refractivity contribution >= 4 is 40.9 Å². The van der Waals surface area contributed by atoms with E-state index >= 15 is 0 Å². The molecule has 1 aliphatic carbocycles. The van der Waals surface area contributed by atoms with Crippen molar-refractivity contribution in [1.29, 1.82) is 0 Å². The minimum absolute atomic E-state index is 0.0188. The van der Waals surface area contributed by atoms with Gasteiger partial charge in [0.2, 0.25) is 0 Å². The van der Waals surface area contributed by atoms with E-state index in [1.54, 1.807) is 0 Å². The van der Waals surface area contributed by atoms with Gasteiger partial charge in [0, 0.05) is 23.9 Å². The van der Waals surface area contributed by atoms with Crippen LogP contribution in [0.5, 0.6) is 0 Å². The first-order valence-corrected chi connectivity index (χ1v) is 7.96. The molecule has 1 amide bonds. The molecule has 6 nitrogen and oxygen atoms in total. The Bertz CT molecular complexity index is 507. The van der Waals surface area contributed by atoms with E-state index in [0.29, 0.717) is 19.3 Å². The van der Waals surface area contributed by atoms with Crippen molar-refractivity contribution in [3.63, 3.8) is 0 Å². The van der Waals surface area contributed by atoms with Crippen molar-refractivity contribution < 1.29 is 24.2 Å². The third kappa shape index (κ3) is 4.14. The predicted molar refractivity (Wildman–Crippen MR) is 79.8 cm³/mol. The number of esters is 1. The third-order valence-electron chi connectivity index (χ3n) is 3.82. The van der Waals surface area contributed by atoms with Gasteiger partial charge in [0.1, 0.15) is 5.92 Å². The zero-order valence-electron chi connectivity index (χ0n) is 11.8. The molecule has 22 heavy (non-hydrogen) atoms. The molecule has 1 saturated carbocycles. The summed E-state index contributed by atoms with van der Waals surface area (Å²) in [7, 11) is 0. The first kappa shape index (κ1) is 17.1. The Balaban J connectivity index is 1.92.